The molecule has 1 heterocycles. The van der Waals surface area contributed by atoms with E-state index in [4.69, 9.17) is 5.73 Å². The lowest BCUT2D eigenvalue weighted by molar-refractivity contribution is -0.118. The van der Waals surface area contributed by atoms with Crippen molar-refractivity contribution < 1.29 is 4.79 Å². The van der Waals surface area contributed by atoms with E-state index in [1.807, 2.05) is 18.4 Å². The second-order valence-electron chi connectivity index (χ2n) is 2.95. The van der Waals surface area contributed by atoms with Crippen molar-refractivity contribution in [3.05, 3.63) is 24.5 Å². The van der Waals surface area contributed by atoms with Gasteiger partial charge in [0.2, 0.25) is 0 Å². The molecule has 0 aliphatic carbocycles. The summed E-state index contributed by atoms with van der Waals surface area (Å²) in [6.07, 6.45) is 6.23. The molecule has 0 saturated heterocycles. The molecule has 0 spiro atoms. The molecular weight excluding hydrogens is 198 g/mol. The number of nitrogens with one attached hydrogen (secondary N) is 1. The van der Waals surface area contributed by atoms with Crippen LogP contribution in [0, 0.1) is 0 Å². The molecule has 0 radical (unpaired) electrons. The molecule has 1 amide bonds. The first-order chi connectivity index (χ1) is 6.74. The van der Waals surface area contributed by atoms with Gasteiger partial charge in [0, 0.05) is 12.4 Å². The summed E-state index contributed by atoms with van der Waals surface area (Å²) in [5, 5.41) is 0. The van der Waals surface area contributed by atoms with Gasteiger partial charge in [-0.15, -0.1) is 0 Å². The monoisotopic (exact) mass is 213 g/mol. The van der Waals surface area contributed by atoms with E-state index in [9.17, 15) is 4.79 Å². The Morgan fingerprint density at radius 2 is 2.21 bits per heavy atom. The molecule has 0 fully saturated rings. The predicted octanol–water partition coefficient (Wildman–Crippen LogP) is 0.639. The van der Waals surface area contributed by atoms with E-state index < -0.39 is 6.04 Å². The topological polar surface area (TPSA) is 60.1 Å². The first kappa shape index (κ1) is 11.1. The molecule has 0 saturated carbocycles. The Kier molecular flexibility index (Phi) is 4.55. The summed E-state index contributed by atoms with van der Waals surface area (Å²) >= 11 is 1.69. The van der Waals surface area contributed by atoms with E-state index in [0.29, 0.717) is 6.42 Å². The van der Waals surface area contributed by atoms with Crippen molar-refractivity contribution in [1.29, 1.82) is 0 Å². The molecule has 0 unspecified atom stereocenters. The molecule has 1 rings (SSSR count). The number of nitrogens with zero attached hydrogens (tertiary/aromatic N) is 1. The third-order valence-corrected chi connectivity index (χ3v) is 2.46. The fraction of sp³-hybridized carbons (Fsp3) is 0.444. The van der Waals surface area contributed by atoms with E-state index in [-0.39, 0.29) is 5.91 Å². The van der Waals surface area contributed by atoms with Crippen LogP contribution in [0.25, 0.3) is 0 Å². The molecule has 14 heavy (non-hydrogen) atoms. The molecule has 78 valence electrons. The van der Waals surface area contributed by atoms with Gasteiger partial charge in [-0.1, -0.05) is 0 Å². The first-order valence-corrected chi connectivity index (χ1v) is 5.82. The highest BCUT2D eigenvalue weighted by Crippen LogP contribution is 1.99. The molecule has 0 aliphatic heterocycles. The summed E-state index contributed by atoms with van der Waals surface area (Å²) < 4.78 is 1.60. The van der Waals surface area contributed by atoms with Gasteiger partial charge in [0.25, 0.3) is 5.91 Å². The lowest BCUT2D eigenvalue weighted by atomic mass is 10.2. The summed E-state index contributed by atoms with van der Waals surface area (Å²) in [5.41, 5.74) is 8.36. The van der Waals surface area contributed by atoms with Crippen molar-refractivity contribution in [3.8, 4) is 0 Å². The first-order valence-electron chi connectivity index (χ1n) is 4.42. The Balaban J connectivity index is 2.34. The average Bonchev–Trinajstić information content (AvgIpc) is 2.66. The Morgan fingerprint density at radius 3 is 2.79 bits per heavy atom. The average molecular weight is 213 g/mol. The largest absolute Gasteiger partial charge is 0.320 e. The fourth-order valence-electron chi connectivity index (χ4n) is 0.995. The molecular formula is C9H15N3OS. The minimum Gasteiger partial charge on any atom is -0.320 e. The number of carbonyl (C=O) groups excluding carboxylic acids is 1. The van der Waals surface area contributed by atoms with Crippen molar-refractivity contribution in [1.82, 2.24) is 4.68 Å². The lowest BCUT2D eigenvalue weighted by Gasteiger charge is -2.11. The Hall–Kier alpha value is -0.940. The molecule has 1 atom stereocenters. The van der Waals surface area contributed by atoms with Crippen LogP contribution in [0.5, 0.6) is 0 Å². The maximum Gasteiger partial charge on any atom is 0.255 e. The van der Waals surface area contributed by atoms with Gasteiger partial charge < -0.3 is 5.73 Å². The number of hydrogen-bond acceptors (Lipinski definition) is 3. The van der Waals surface area contributed by atoms with Gasteiger partial charge in [-0.05, 0) is 30.6 Å². The zero-order valence-electron chi connectivity index (χ0n) is 8.14. The number of rotatable bonds is 5. The van der Waals surface area contributed by atoms with Crippen LogP contribution in [0.15, 0.2) is 24.5 Å². The number of amides is 1. The number of carbonyl (C=O) groups is 1. The maximum absolute atomic E-state index is 11.5. The van der Waals surface area contributed by atoms with Crippen molar-refractivity contribution in [2.45, 2.75) is 12.5 Å². The van der Waals surface area contributed by atoms with Crippen molar-refractivity contribution >= 4 is 17.7 Å². The van der Waals surface area contributed by atoms with Crippen LogP contribution >= 0.6 is 11.8 Å². The normalized spacial score (nSPS) is 12.4. The van der Waals surface area contributed by atoms with E-state index in [0.717, 1.165) is 5.75 Å². The van der Waals surface area contributed by atoms with Gasteiger partial charge in [0.15, 0.2) is 0 Å². The molecule has 0 aliphatic rings. The highest BCUT2D eigenvalue weighted by atomic mass is 32.2. The number of nitrogens with two attached hydrogens (primary N) is 1. The third kappa shape index (κ3) is 3.43. The van der Waals surface area contributed by atoms with E-state index in [1.54, 1.807) is 28.8 Å². The van der Waals surface area contributed by atoms with Crippen molar-refractivity contribution in [2.24, 2.45) is 5.73 Å². The smallest absolute Gasteiger partial charge is 0.255 e. The standard InChI is InChI=1S/C9H15N3OS/c1-14-7-4-8(10)9(13)11-12-5-2-3-6-12/h2-3,5-6,8H,4,7,10H2,1H3,(H,11,13)/t8-/m1/s1. The highest BCUT2D eigenvalue weighted by Gasteiger charge is 2.12. The van der Waals surface area contributed by atoms with E-state index >= 15 is 0 Å². The van der Waals surface area contributed by atoms with Crippen LogP contribution in [-0.4, -0.2) is 28.6 Å². The predicted molar refractivity (Wildman–Crippen MR) is 59.8 cm³/mol. The van der Waals surface area contributed by atoms with Gasteiger partial charge in [-0.25, -0.2) is 0 Å². The van der Waals surface area contributed by atoms with Gasteiger partial charge in [0.05, 0.1) is 6.04 Å². The summed E-state index contributed by atoms with van der Waals surface area (Å²) in [6.45, 7) is 0. The van der Waals surface area contributed by atoms with E-state index in [1.165, 1.54) is 0 Å². The van der Waals surface area contributed by atoms with Crippen LogP contribution in [0.4, 0.5) is 0 Å². The van der Waals surface area contributed by atoms with Gasteiger partial charge in [0.1, 0.15) is 0 Å². The quantitative estimate of drug-likeness (QED) is 0.754. The molecule has 3 N–H and O–H groups in total. The number of thioether (sulfide) groups is 1. The zero-order chi connectivity index (χ0) is 10.4. The zero-order valence-corrected chi connectivity index (χ0v) is 8.96. The fourth-order valence-corrected chi connectivity index (χ4v) is 1.48. The summed E-state index contributed by atoms with van der Waals surface area (Å²) in [4.78, 5) is 11.5. The molecule has 5 heteroatoms. The lowest BCUT2D eigenvalue weighted by Crippen LogP contribution is -2.39. The van der Waals surface area contributed by atoms with Crippen LogP contribution in [-0.2, 0) is 4.79 Å². The third-order valence-electron chi connectivity index (χ3n) is 1.81. The molecule has 1 aromatic heterocycles. The van der Waals surface area contributed by atoms with Gasteiger partial charge in [-0.3, -0.25) is 14.9 Å². The van der Waals surface area contributed by atoms with Crippen molar-refractivity contribution in [2.75, 3.05) is 17.4 Å². The molecule has 1 aromatic rings. The number of aromatic nitrogens is 1. The Bertz CT molecular complexity index is 274. The Labute approximate surface area is 87.8 Å². The Morgan fingerprint density at radius 1 is 1.57 bits per heavy atom. The maximum atomic E-state index is 11.5. The van der Waals surface area contributed by atoms with Crippen LogP contribution in [0.2, 0.25) is 0 Å². The van der Waals surface area contributed by atoms with Gasteiger partial charge >= 0.3 is 0 Å². The van der Waals surface area contributed by atoms with Crippen LogP contribution in [0.1, 0.15) is 6.42 Å². The van der Waals surface area contributed by atoms with Gasteiger partial charge in [-0.2, -0.15) is 11.8 Å². The van der Waals surface area contributed by atoms with Crippen LogP contribution < -0.4 is 11.2 Å². The second-order valence-corrected chi connectivity index (χ2v) is 3.94. The summed E-state index contributed by atoms with van der Waals surface area (Å²) in [5.74, 6) is 0.760. The summed E-state index contributed by atoms with van der Waals surface area (Å²) in [7, 11) is 0. The van der Waals surface area contributed by atoms with Crippen LogP contribution in [0.3, 0.4) is 0 Å². The van der Waals surface area contributed by atoms with E-state index in [2.05, 4.69) is 5.43 Å². The minimum absolute atomic E-state index is 0.143. The highest BCUT2D eigenvalue weighted by molar-refractivity contribution is 7.98. The minimum atomic E-state index is -0.426. The SMILES string of the molecule is CSCC[C@@H](N)C(=O)Nn1cccc1. The number of hydrogen-bond donors (Lipinski definition) is 2. The molecule has 0 aromatic carbocycles. The molecule has 4 nitrogen and oxygen atoms in total. The summed E-state index contributed by atoms with van der Waals surface area (Å²) in [6, 6.07) is 3.26. The molecule has 0 bridgehead atoms. The van der Waals surface area contributed by atoms with Crippen molar-refractivity contribution in [3.63, 3.8) is 0 Å². The second kappa shape index (κ2) is 5.72.